The number of aliphatic imine (C=N–C) groups is 1. The highest BCUT2D eigenvalue weighted by Gasteiger charge is 2.06. The average molecular weight is 291 g/mol. The van der Waals surface area contributed by atoms with Gasteiger partial charge in [0.2, 0.25) is 5.95 Å². The highest BCUT2D eigenvalue weighted by molar-refractivity contribution is 5.89. The summed E-state index contributed by atoms with van der Waals surface area (Å²) < 4.78 is 1.67. The molecule has 1 heterocycles. The summed E-state index contributed by atoms with van der Waals surface area (Å²) in [6.45, 7) is 1.85. The number of aryl methyl sites for hydroxylation is 2. The molecule has 22 heavy (non-hydrogen) atoms. The molecule has 0 saturated heterocycles. The van der Waals surface area contributed by atoms with Crippen molar-refractivity contribution in [2.45, 2.75) is 6.92 Å². The maximum atomic E-state index is 4.40. The maximum Gasteiger partial charge on any atom is 0.247 e. The first kappa shape index (κ1) is 14.0. The van der Waals surface area contributed by atoms with Crippen molar-refractivity contribution in [3.8, 4) is 0 Å². The standard InChI is InChI=1S/C17H17N5/c1-13-20-17(22(2)21-13)19-12-15-8-6-7-14(15)11-18-16-9-4-3-5-10-16/h3-12,18H,1-2H3/b14-11+,19-12+. The van der Waals surface area contributed by atoms with Gasteiger partial charge in [-0.05, 0) is 24.6 Å². The summed E-state index contributed by atoms with van der Waals surface area (Å²) in [5.74, 6) is 1.32. The lowest BCUT2D eigenvalue weighted by Crippen LogP contribution is -1.93. The topological polar surface area (TPSA) is 55.1 Å². The lowest BCUT2D eigenvalue weighted by molar-refractivity contribution is 0.759. The molecule has 0 unspecified atom stereocenters. The lowest BCUT2D eigenvalue weighted by atomic mass is 10.1. The second-order valence-electron chi connectivity index (χ2n) is 4.93. The number of benzene rings is 1. The zero-order valence-corrected chi connectivity index (χ0v) is 12.6. The minimum absolute atomic E-state index is 0.598. The Morgan fingerprint density at radius 1 is 1.23 bits per heavy atom. The summed E-state index contributed by atoms with van der Waals surface area (Å²) in [6, 6.07) is 10.0. The number of nitrogens with zero attached hydrogens (tertiary/aromatic N) is 4. The van der Waals surface area contributed by atoms with Crippen molar-refractivity contribution in [2.75, 3.05) is 5.32 Å². The molecule has 5 heteroatoms. The first-order valence-electron chi connectivity index (χ1n) is 7.04. The molecule has 3 rings (SSSR count). The van der Waals surface area contributed by atoms with Crippen molar-refractivity contribution >= 4 is 17.9 Å². The van der Waals surface area contributed by atoms with Crippen molar-refractivity contribution < 1.29 is 0 Å². The summed E-state index contributed by atoms with van der Waals surface area (Å²) >= 11 is 0. The zero-order chi connectivity index (χ0) is 15.4. The van der Waals surface area contributed by atoms with Gasteiger partial charge in [0.15, 0.2) is 0 Å². The van der Waals surface area contributed by atoms with E-state index in [1.165, 1.54) is 0 Å². The van der Waals surface area contributed by atoms with Gasteiger partial charge < -0.3 is 5.32 Å². The van der Waals surface area contributed by atoms with E-state index in [9.17, 15) is 0 Å². The van der Waals surface area contributed by atoms with E-state index >= 15 is 0 Å². The second-order valence-corrected chi connectivity index (χ2v) is 4.93. The molecule has 1 N–H and O–H groups in total. The van der Waals surface area contributed by atoms with Crippen LogP contribution in [0, 0.1) is 6.92 Å². The quantitative estimate of drug-likeness (QED) is 0.879. The number of hydrogen-bond acceptors (Lipinski definition) is 4. The van der Waals surface area contributed by atoms with E-state index in [0.29, 0.717) is 5.95 Å². The summed E-state index contributed by atoms with van der Waals surface area (Å²) in [6.07, 6.45) is 9.84. The molecule has 1 aromatic carbocycles. The van der Waals surface area contributed by atoms with Crippen LogP contribution in [0.15, 0.2) is 70.9 Å². The first-order valence-corrected chi connectivity index (χ1v) is 7.04. The molecule has 0 radical (unpaired) electrons. The minimum Gasteiger partial charge on any atom is -0.361 e. The molecule has 0 aliphatic heterocycles. The van der Waals surface area contributed by atoms with Crippen LogP contribution in [0.4, 0.5) is 11.6 Å². The highest BCUT2D eigenvalue weighted by atomic mass is 15.4. The Balaban J connectivity index is 1.73. The number of allylic oxidation sites excluding steroid dienone is 5. The molecule has 1 aliphatic rings. The fraction of sp³-hybridized carbons (Fsp3) is 0.118. The molecule has 110 valence electrons. The second kappa shape index (κ2) is 6.22. The molecule has 5 nitrogen and oxygen atoms in total. The van der Waals surface area contributed by atoms with Gasteiger partial charge in [0.05, 0.1) is 0 Å². The summed E-state index contributed by atoms with van der Waals surface area (Å²) in [4.78, 5) is 8.66. The van der Waals surface area contributed by atoms with E-state index in [1.807, 2.05) is 74.9 Å². The first-order chi connectivity index (χ1) is 10.7. The van der Waals surface area contributed by atoms with Gasteiger partial charge >= 0.3 is 0 Å². The molecule has 0 bridgehead atoms. The van der Waals surface area contributed by atoms with Crippen LogP contribution in [0.2, 0.25) is 0 Å². The van der Waals surface area contributed by atoms with Gasteiger partial charge in [-0.2, -0.15) is 10.1 Å². The van der Waals surface area contributed by atoms with Gasteiger partial charge in [0.25, 0.3) is 0 Å². The fourth-order valence-corrected chi connectivity index (χ4v) is 2.13. The maximum absolute atomic E-state index is 4.40. The van der Waals surface area contributed by atoms with Crippen LogP contribution in [0.25, 0.3) is 0 Å². The number of aromatic nitrogens is 3. The zero-order valence-electron chi connectivity index (χ0n) is 12.6. The van der Waals surface area contributed by atoms with Gasteiger partial charge in [-0.1, -0.05) is 36.4 Å². The van der Waals surface area contributed by atoms with Crippen LogP contribution in [0.3, 0.4) is 0 Å². The Morgan fingerprint density at radius 2 is 2.05 bits per heavy atom. The number of para-hydroxylation sites is 1. The van der Waals surface area contributed by atoms with Gasteiger partial charge in [-0.3, -0.25) is 0 Å². The Morgan fingerprint density at radius 3 is 2.77 bits per heavy atom. The molecule has 0 saturated carbocycles. The molecule has 0 atom stereocenters. The van der Waals surface area contributed by atoms with Crippen LogP contribution in [0.1, 0.15) is 5.82 Å². The van der Waals surface area contributed by atoms with Crippen molar-refractivity contribution in [2.24, 2.45) is 12.0 Å². The molecule has 0 spiro atoms. The number of hydrogen-bond donors (Lipinski definition) is 1. The van der Waals surface area contributed by atoms with Crippen molar-refractivity contribution in [3.05, 3.63) is 71.7 Å². The van der Waals surface area contributed by atoms with Crippen LogP contribution < -0.4 is 5.32 Å². The Kier molecular flexibility index (Phi) is 3.96. The fourth-order valence-electron chi connectivity index (χ4n) is 2.13. The van der Waals surface area contributed by atoms with Gasteiger partial charge in [0, 0.05) is 30.7 Å². The van der Waals surface area contributed by atoms with Crippen molar-refractivity contribution in [3.63, 3.8) is 0 Å². The predicted octanol–water partition coefficient (Wildman–Crippen LogP) is 3.32. The Labute approximate surface area is 129 Å². The third-order valence-corrected chi connectivity index (χ3v) is 3.22. The van der Waals surface area contributed by atoms with Crippen molar-refractivity contribution in [1.29, 1.82) is 0 Å². The molecular weight excluding hydrogens is 274 g/mol. The smallest absolute Gasteiger partial charge is 0.247 e. The highest BCUT2D eigenvalue weighted by Crippen LogP contribution is 2.18. The normalized spacial score (nSPS) is 15.7. The van der Waals surface area contributed by atoms with E-state index in [-0.39, 0.29) is 0 Å². The van der Waals surface area contributed by atoms with Gasteiger partial charge in [0.1, 0.15) is 5.82 Å². The molecule has 0 fully saturated rings. The molecule has 2 aromatic rings. The van der Waals surface area contributed by atoms with Crippen LogP contribution in [0.5, 0.6) is 0 Å². The minimum atomic E-state index is 0.598. The monoisotopic (exact) mass is 291 g/mol. The average Bonchev–Trinajstić information content (AvgIpc) is 3.10. The molecule has 0 amide bonds. The van der Waals surface area contributed by atoms with E-state index in [2.05, 4.69) is 20.4 Å². The SMILES string of the molecule is Cc1nc(/N=C/C2=CC=C/C2=C\Nc2ccccc2)n(C)n1. The van der Waals surface area contributed by atoms with E-state index < -0.39 is 0 Å². The number of rotatable bonds is 4. The number of nitrogens with one attached hydrogen (secondary N) is 1. The number of anilines is 1. The van der Waals surface area contributed by atoms with Gasteiger partial charge in [-0.25, -0.2) is 9.67 Å². The van der Waals surface area contributed by atoms with E-state index in [0.717, 1.165) is 22.7 Å². The van der Waals surface area contributed by atoms with E-state index in [4.69, 9.17) is 0 Å². The van der Waals surface area contributed by atoms with Crippen molar-refractivity contribution in [1.82, 2.24) is 14.8 Å². The molecular formula is C17H17N5. The van der Waals surface area contributed by atoms with Gasteiger partial charge in [-0.15, -0.1) is 0 Å². The summed E-state index contributed by atoms with van der Waals surface area (Å²) in [5, 5.41) is 7.46. The van der Waals surface area contributed by atoms with Crippen LogP contribution in [-0.4, -0.2) is 21.0 Å². The third kappa shape index (κ3) is 3.20. The van der Waals surface area contributed by atoms with E-state index in [1.54, 1.807) is 4.68 Å². The largest absolute Gasteiger partial charge is 0.361 e. The van der Waals surface area contributed by atoms with Crippen LogP contribution in [-0.2, 0) is 7.05 Å². The summed E-state index contributed by atoms with van der Waals surface area (Å²) in [7, 11) is 1.83. The van der Waals surface area contributed by atoms with Crippen LogP contribution >= 0.6 is 0 Å². The molecule has 1 aliphatic carbocycles. The predicted molar refractivity (Wildman–Crippen MR) is 89.3 cm³/mol. The lowest BCUT2D eigenvalue weighted by Gasteiger charge is -2.03. The summed E-state index contributed by atoms with van der Waals surface area (Å²) in [5.41, 5.74) is 3.16. The third-order valence-electron chi connectivity index (χ3n) is 3.22. The Bertz CT molecular complexity index is 779. The molecule has 1 aromatic heterocycles. The Hall–Kier alpha value is -2.95.